The molecule has 4 nitrogen and oxygen atoms in total. The van der Waals surface area contributed by atoms with E-state index in [1.807, 2.05) is 27.7 Å². The van der Waals surface area contributed by atoms with Crippen molar-refractivity contribution in [3.63, 3.8) is 0 Å². The van der Waals surface area contributed by atoms with Crippen molar-refractivity contribution in [3.8, 4) is 0 Å². The number of halogens is 1. The van der Waals surface area contributed by atoms with Gasteiger partial charge in [0.1, 0.15) is 5.82 Å². The highest BCUT2D eigenvalue weighted by Gasteiger charge is 2.66. The molecule has 1 fully saturated rings. The van der Waals surface area contributed by atoms with Gasteiger partial charge in [-0.3, -0.25) is 0 Å². The molecule has 0 aromatic heterocycles. The van der Waals surface area contributed by atoms with Gasteiger partial charge in [0.25, 0.3) is 0 Å². The lowest BCUT2D eigenvalue weighted by molar-refractivity contribution is 0.457. The van der Waals surface area contributed by atoms with Crippen molar-refractivity contribution in [2.75, 3.05) is 0 Å². The average Bonchev–Trinajstić information content (AvgIpc) is 2.74. The van der Waals surface area contributed by atoms with E-state index in [0.717, 1.165) is 0 Å². The molecule has 0 amide bonds. The molecule has 21 heavy (non-hydrogen) atoms. The first-order valence-electron chi connectivity index (χ1n) is 6.96. The van der Waals surface area contributed by atoms with E-state index < -0.39 is 15.8 Å². The molecule has 0 spiro atoms. The molecule has 1 saturated carbocycles. The van der Waals surface area contributed by atoms with E-state index in [1.165, 1.54) is 12.1 Å². The minimum absolute atomic E-state index is 0.0313. The third-order valence-electron chi connectivity index (χ3n) is 5.13. The highest BCUT2D eigenvalue weighted by molar-refractivity contribution is 7.89. The van der Waals surface area contributed by atoms with Gasteiger partial charge in [0.05, 0.1) is 4.90 Å². The first-order chi connectivity index (χ1) is 9.45. The molecule has 3 N–H and O–H groups in total. The molecule has 0 radical (unpaired) electrons. The molecule has 1 aromatic carbocycles. The van der Waals surface area contributed by atoms with E-state index in [2.05, 4.69) is 4.72 Å². The Balaban J connectivity index is 2.36. The first-order valence-corrected chi connectivity index (χ1v) is 8.45. The van der Waals surface area contributed by atoms with Crippen molar-refractivity contribution in [3.05, 3.63) is 29.1 Å². The Morgan fingerprint density at radius 3 is 2.19 bits per heavy atom. The molecule has 0 heterocycles. The second-order valence-electron chi connectivity index (χ2n) is 6.92. The highest BCUT2D eigenvalue weighted by atomic mass is 32.2. The standard InChI is InChI=1S/C15H23FN2O2S/c1-9-6-11(7-10(8-17)12(9)16)21(19,20)18-13-14(2,3)15(13,4)5/h6-7,13,18H,8,17H2,1-5H3. The van der Waals surface area contributed by atoms with Gasteiger partial charge in [-0.05, 0) is 35.4 Å². The Bertz CT molecular complexity index is 667. The van der Waals surface area contributed by atoms with E-state index in [9.17, 15) is 12.8 Å². The predicted octanol–water partition coefficient (Wildman–Crippen LogP) is 2.31. The molecule has 1 aliphatic rings. The number of aryl methyl sites for hydroxylation is 1. The minimum Gasteiger partial charge on any atom is -0.326 e. The van der Waals surface area contributed by atoms with Crippen molar-refractivity contribution in [1.29, 1.82) is 0 Å². The summed E-state index contributed by atoms with van der Waals surface area (Å²) >= 11 is 0. The summed E-state index contributed by atoms with van der Waals surface area (Å²) in [4.78, 5) is 0.0698. The lowest BCUT2D eigenvalue weighted by atomic mass is 10.0. The number of nitrogens with one attached hydrogen (secondary N) is 1. The summed E-state index contributed by atoms with van der Waals surface area (Å²) in [6.45, 7) is 9.63. The molecule has 0 aliphatic heterocycles. The van der Waals surface area contributed by atoms with E-state index in [-0.39, 0.29) is 39.4 Å². The molecular formula is C15H23FN2O2S. The summed E-state index contributed by atoms with van der Waals surface area (Å²) in [5.41, 5.74) is 5.76. The predicted molar refractivity (Wildman–Crippen MR) is 80.7 cm³/mol. The smallest absolute Gasteiger partial charge is 0.240 e. The fraction of sp³-hybridized carbons (Fsp3) is 0.600. The van der Waals surface area contributed by atoms with Gasteiger partial charge in [-0.25, -0.2) is 17.5 Å². The van der Waals surface area contributed by atoms with Crippen LogP contribution in [0.3, 0.4) is 0 Å². The zero-order chi connectivity index (χ0) is 16.2. The number of hydrogen-bond acceptors (Lipinski definition) is 3. The van der Waals surface area contributed by atoms with Crippen molar-refractivity contribution >= 4 is 10.0 Å². The summed E-state index contributed by atoms with van der Waals surface area (Å²) in [7, 11) is -3.68. The van der Waals surface area contributed by atoms with Gasteiger partial charge < -0.3 is 5.73 Å². The van der Waals surface area contributed by atoms with Crippen LogP contribution >= 0.6 is 0 Å². The van der Waals surface area contributed by atoms with Crippen LogP contribution in [0.5, 0.6) is 0 Å². The van der Waals surface area contributed by atoms with Crippen LogP contribution in [0.4, 0.5) is 4.39 Å². The molecule has 0 unspecified atom stereocenters. The summed E-state index contributed by atoms with van der Waals surface area (Å²) in [5, 5.41) is 0. The Morgan fingerprint density at radius 2 is 1.76 bits per heavy atom. The molecular weight excluding hydrogens is 291 g/mol. The summed E-state index contributed by atoms with van der Waals surface area (Å²) in [5.74, 6) is -0.441. The molecule has 0 bridgehead atoms. The van der Waals surface area contributed by atoms with Crippen molar-refractivity contribution < 1.29 is 12.8 Å². The summed E-state index contributed by atoms with van der Waals surface area (Å²) in [6.07, 6.45) is 0. The molecule has 1 aliphatic carbocycles. The maximum absolute atomic E-state index is 13.8. The third-order valence-corrected chi connectivity index (χ3v) is 6.53. The van der Waals surface area contributed by atoms with Gasteiger partial charge in [0, 0.05) is 18.2 Å². The fourth-order valence-electron chi connectivity index (χ4n) is 2.82. The fourth-order valence-corrected chi connectivity index (χ4v) is 4.49. The second kappa shape index (κ2) is 4.76. The number of nitrogens with two attached hydrogens (primary N) is 1. The minimum atomic E-state index is -3.68. The molecule has 0 saturated heterocycles. The number of sulfonamides is 1. The highest BCUT2D eigenvalue weighted by Crippen LogP contribution is 2.62. The van der Waals surface area contributed by atoms with E-state index in [1.54, 1.807) is 6.92 Å². The zero-order valence-corrected chi connectivity index (χ0v) is 13.9. The quantitative estimate of drug-likeness (QED) is 0.896. The molecule has 1 aromatic rings. The monoisotopic (exact) mass is 314 g/mol. The van der Waals surface area contributed by atoms with Gasteiger partial charge in [-0.15, -0.1) is 0 Å². The van der Waals surface area contributed by atoms with Gasteiger partial charge in [0.15, 0.2) is 0 Å². The first kappa shape index (κ1) is 16.4. The van der Waals surface area contributed by atoms with Crippen molar-refractivity contribution in [2.45, 2.75) is 52.1 Å². The van der Waals surface area contributed by atoms with E-state index >= 15 is 0 Å². The second-order valence-corrected chi connectivity index (χ2v) is 8.63. The molecule has 0 atom stereocenters. The third kappa shape index (κ3) is 2.49. The Kier molecular flexibility index (Phi) is 3.72. The SMILES string of the molecule is Cc1cc(S(=O)(=O)NC2C(C)(C)C2(C)C)cc(CN)c1F. The van der Waals surface area contributed by atoms with E-state index in [0.29, 0.717) is 0 Å². The van der Waals surface area contributed by atoms with Crippen LogP contribution < -0.4 is 10.5 Å². The normalized spacial score (nSPS) is 20.5. The average molecular weight is 314 g/mol. The Labute approximate surface area is 126 Å². The van der Waals surface area contributed by atoms with Crippen LogP contribution in [0, 0.1) is 23.6 Å². The van der Waals surface area contributed by atoms with Crippen LogP contribution in [0.25, 0.3) is 0 Å². The van der Waals surface area contributed by atoms with Crippen LogP contribution in [-0.2, 0) is 16.6 Å². The Hall–Kier alpha value is -0.980. The maximum Gasteiger partial charge on any atom is 0.240 e. The number of hydrogen-bond donors (Lipinski definition) is 2. The van der Waals surface area contributed by atoms with Gasteiger partial charge in [-0.1, -0.05) is 27.7 Å². The lowest BCUT2D eigenvalue weighted by Crippen LogP contribution is -2.30. The number of benzene rings is 1. The maximum atomic E-state index is 13.8. The zero-order valence-electron chi connectivity index (χ0n) is 13.1. The van der Waals surface area contributed by atoms with Crippen LogP contribution in [0.2, 0.25) is 0 Å². The number of rotatable bonds is 4. The van der Waals surface area contributed by atoms with Crippen molar-refractivity contribution in [2.24, 2.45) is 16.6 Å². The van der Waals surface area contributed by atoms with Gasteiger partial charge in [0.2, 0.25) is 10.0 Å². The van der Waals surface area contributed by atoms with Gasteiger partial charge >= 0.3 is 0 Å². The van der Waals surface area contributed by atoms with Crippen molar-refractivity contribution in [1.82, 2.24) is 4.72 Å². The Morgan fingerprint density at radius 1 is 1.24 bits per heavy atom. The van der Waals surface area contributed by atoms with Crippen LogP contribution in [0.15, 0.2) is 17.0 Å². The van der Waals surface area contributed by atoms with Crippen LogP contribution in [-0.4, -0.2) is 14.5 Å². The molecule has 6 heteroatoms. The summed E-state index contributed by atoms with van der Waals surface area (Å²) in [6, 6.07) is 2.52. The summed E-state index contributed by atoms with van der Waals surface area (Å²) < 4.78 is 41.6. The molecule has 2 rings (SSSR count). The van der Waals surface area contributed by atoms with Gasteiger partial charge in [-0.2, -0.15) is 0 Å². The largest absolute Gasteiger partial charge is 0.326 e. The van der Waals surface area contributed by atoms with Crippen LogP contribution in [0.1, 0.15) is 38.8 Å². The lowest BCUT2D eigenvalue weighted by Gasteiger charge is -2.11. The topological polar surface area (TPSA) is 72.2 Å². The van der Waals surface area contributed by atoms with E-state index in [4.69, 9.17) is 5.73 Å². The molecule has 118 valence electrons.